The Labute approximate surface area is 107 Å². The molecule has 1 aliphatic rings. The molecular formula is C13H20N2O3. The van der Waals surface area contributed by atoms with E-state index in [1.165, 1.54) is 0 Å². The number of aliphatic hydroxyl groups is 1. The van der Waals surface area contributed by atoms with E-state index in [4.69, 9.17) is 9.47 Å². The Kier molecular flexibility index (Phi) is 3.73. The first-order valence-corrected chi connectivity index (χ1v) is 6.13. The minimum absolute atomic E-state index is 0.154. The zero-order chi connectivity index (χ0) is 13.2. The Balaban J connectivity index is 2.08. The topological polar surface area (TPSA) is 63.6 Å². The average Bonchev–Trinajstić information content (AvgIpc) is 2.68. The summed E-state index contributed by atoms with van der Waals surface area (Å²) in [5.74, 6) is 0.677. The highest BCUT2D eigenvalue weighted by molar-refractivity contribution is 5.56. The van der Waals surface area contributed by atoms with Crippen LogP contribution >= 0.6 is 0 Å². The van der Waals surface area contributed by atoms with Gasteiger partial charge in [0.2, 0.25) is 0 Å². The van der Waals surface area contributed by atoms with Crippen LogP contribution in [0, 0.1) is 6.92 Å². The largest absolute Gasteiger partial charge is 0.493 e. The van der Waals surface area contributed by atoms with Crippen molar-refractivity contribution in [1.82, 2.24) is 4.98 Å². The fraction of sp³-hybridized carbons (Fsp3) is 0.615. The molecule has 1 saturated heterocycles. The molecule has 5 nitrogen and oxygen atoms in total. The summed E-state index contributed by atoms with van der Waals surface area (Å²) in [5, 5.41) is 13.6. The van der Waals surface area contributed by atoms with Gasteiger partial charge in [-0.3, -0.25) is 4.98 Å². The van der Waals surface area contributed by atoms with E-state index >= 15 is 0 Å². The third kappa shape index (κ3) is 2.57. The molecule has 0 aliphatic carbocycles. The van der Waals surface area contributed by atoms with Crippen molar-refractivity contribution in [2.24, 2.45) is 0 Å². The predicted octanol–water partition coefficient (Wildman–Crippen LogP) is 1.35. The number of aromatic nitrogens is 1. The van der Waals surface area contributed by atoms with Crippen molar-refractivity contribution in [3.05, 3.63) is 18.0 Å². The first kappa shape index (κ1) is 13.1. The molecule has 100 valence electrons. The molecule has 0 spiro atoms. The van der Waals surface area contributed by atoms with Crippen molar-refractivity contribution in [3.63, 3.8) is 0 Å². The number of nitrogens with zero attached hydrogens (tertiary/aromatic N) is 1. The van der Waals surface area contributed by atoms with Gasteiger partial charge in [0, 0.05) is 25.3 Å². The Bertz CT molecular complexity index is 425. The molecule has 0 amide bonds. The SMILES string of the molecule is COc1cnc(C)cc1NCC1(O)CCOC1C. The second-order valence-electron chi connectivity index (χ2n) is 4.75. The van der Waals surface area contributed by atoms with Gasteiger partial charge in [-0.2, -0.15) is 0 Å². The first-order chi connectivity index (χ1) is 8.55. The molecule has 5 heteroatoms. The van der Waals surface area contributed by atoms with Gasteiger partial charge in [-0.05, 0) is 19.9 Å². The van der Waals surface area contributed by atoms with Crippen molar-refractivity contribution in [2.45, 2.75) is 32.0 Å². The van der Waals surface area contributed by atoms with Gasteiger partial charge < -0.3 is 19.9 Å². The van der Waals surface area contributed by atoms with Crippen LogP contribution in [0.3, 0.4) is 0 Å². The summed E-state index contributed by atoms with van der Waals surface area (Å²) in [6.45, 7) is 4.85. The lowest BCUT2D eigenvalue weighted by Gasteiger charge is -2.27. The monoisotopic (exact) mass is 252 g/mol. The molecule has 18 heavy (non-hydrogen) atoms. The fourth-order valence-corrected chi connectivity index (χ4v) is 2.10. The Morgan fingerprint density at radius 1 is 1.67 bits per heavy atom. The van der Waals surface area contributed by atoms with Gasteiger partial charge in [0.15, 0.2) is 5.75 Å². The number of pyridine rings is 1. The van der Waals surface area contributed by atoms with Crippen molar-refractivity contribution in [1.29, 1.82) is 0 Å². The number of ether oxygens (including phenoxy) is 2. The number of methoxy groups -OCH3 is 1. The number of nitrogens with one attached hydrogen (secondary N) is 1. The summed E-state index contributed by atoms with van der Waals surface area (Å²) in [4.78, 5) is 4.17. The summed E-state index contributed by atoms with van der Waals surface area (Å²) >= 11 is 0. The van der Waals surface area contributed by atoms with E-state index in [0.29, 0.717) is 25.3 Å². The van der Waals surface area contributed by atoms with Gasteiger partial charge in [0.25, 0.3) is 0 Å². The molecule has 0 saturated carbocycles. The van der Waals surface area contributed by atoms with E-state index in [9.17, 15) is 5.11 Å². The van der Waals surface area contributed by atoms with E-state index in [-0.39, 0.29) is 6.10 Å². The third-order valence-electron chi connectivity index (χ3n) is 3.47. The van der Waals surface area contributed by atoms with Crippen LogP contribution < -0.4 is 10.1 Å². The van der Waals surface area contributed by atoms with Gasteiger partial charge in [-0.15, -0.1) is 0 Å². The van der Waals surface area contributed by atoms with Gasteiger partial charge in [0.05, 0.1) is 25.1 Å². The maximum Gasteiger partial charge on any atom is 0.160 e. The molecule has 2 unspecified atom stereocenters. The number of anilines is 1. The van der Waals surface area contributed by atoms with Gasteiger partial charge in [-0.25, -0.2) is 0 Å². The van der Waals surface area contributed by atoms with Crippen LogP contribution in [0.15, 0.2) is 12.3 Å². The lowest BCUT2D eigenvalue weighted by Crippen LogP contribution is -2.43. The zero-order valence-electron chi connectivity index (χ0n) is 11.1. The molecule has 2 heterocycles. The normalized spacial score (nSPS) is 27.2. The quantitative estimate of drug-likeness (QED) is 0.847. The molecule has 0 aromatic carbocycles. The Morgan fingerprint density at radius 2 is 2.44 bits per heavy atom. The number of aryl methyl sites for hydroxylation is 1. The number of hydrogen-bond donors (Lipinski definition) is 2. The van der Waals surface area contributed by atoms with E-state index in [2.05, 4.69) is 10.3 Å². The van der Waals surface area contributed by atoms with E-state index in [1.807, 2.05) is 19.9 Å². The number of hydrogen-bond acceptors (Lipinski definition) is 5. The second kappa shape index (κ2) is 5.12. The molecular weight excluding hydrogens is 232 g/mol. The average molecular weight is 252 g/mol. The van der Waals surface area contributed by atoms with Crippen molar-refractivity contribution in [3.8, 4) is 5.75 Å². The van der Waals surface area contributed by atoms with Gasteiger partial charge >= 0.3 is 0 Å². The van der Waals surface area contributed by atoms with Crippen LogP contribution in [0.25, 0.3) is 0 Å². The summed E-state index contributed by atoms with van der Waals surface area (Å²) in [6.07, 6.45) is 2.17. The van der Waals surface area contributed by atoms with Crippen LogP contribution in [-0.4, -0.2) is 42.1 Å². The summed E-state index contributed by atoms with van der Waals surface area (Å²) < 4.78 is 10.6. The third-order valence-corrected chi connectivity index (χ3v) is 3.47. The molecule has 1 aromatic rings. The predicted molar refractivity (Wildman–Crippen MR) is 69.0 cm³/mol. The standard InChI is InChI=1S/C13H20N2O3/c1-9-6-11(12(17-3)7-14-9)15-8-13(16)4-5-18-10(13)2/h6-7,10,16H,4-5,8H2,1-3H3,(H,14,15). The van der Waals surface area contributed by atoms with Gasteiger partial charge in [-0.1, -0.05) is 0 Å². The van der Waals surface area contributed by atoms with Crippen molar-refractivity contribution in [2.75, 3.05) is 25.6 Å². The molecule has 2 atom stereocenters. The van der Waals surface area contributed by atoms with Crippen LogP contribution in [0.1, 0.15) is 19.0 Å². The Morgan fingerprint density at radius 3 is 3.06 bits per heavy atom. The molecule has 0 radical (unpaired) electrons. The number of rotatable bonds is 4. The van der Waals surface area contributed by atoms with E-state index < -0.39 is 5.60 Å². The highest BCUT2D eigenvalue weighted by Crippen LogP contribution is 2.28. The van der Waals surface area contributed by atoms with Crippen LogP contribution in [0.4, 0.5) is 5.69 Å². The molecule has 2 rings (SSSR count). The minimum atomic E-state index is -0.817. The lowest BCUT2D eigenvalue weighted by atomic mass is 9.96. The molecule has 1 aliphatic heterocycles. The van der Waals surface area contributed by atoms with Crippen molar-refractivity contribution >= 4 is 5.69 Å². The zero-order valence-corrected chi connectivity index (χ0v) is 11.1. The maximum atomic E-state index is 10.4. The summed E-state index contributed by atoms with van der Waals surface area (Å²) in [7, 11) is 1.60. The first-order valence-electron chi connectivity index (χ1n) is 6.13. The van der Waals surface area contributed by atoms with Crippen LogP contribution in [0.5, 0.6) is 5.75 Å². The van der Waals surface area contributed by atoms with E-state index in [0.717, 1.165) is 11.4 Å². The molecule has 1 aromatic heterocycles. The molecule has 1 fully saturated rings. The summed E-state index contributed by atoms with van der Waals surface area (Å²) in [5.41, 5.74) is 0.931. The fourth-order valence-electron chi connectivity index (χ4n) is 2.10. The smallest absolute Gasteiger partial charge is 0.160 e. The lowest BCUT2D eigenvalue weighted by molar-refractivity contribution is -0.0176. The van der Waals surface area contributed by atoms with Crippen LogP contribution in [0.2, 0.25) is 0 Å². The second-order valence-corrected chi connectivity index (χ2v) is 4.75. The maximum absolute atomic E-state index is 10.4. The minimum Gasteiger partial charge on any atom is -0.493 e. The Hall–Kier alpha value is -1.33. The highest BCUT2D eigenvalue weighted by Gasteiger charge is 2.39. The van der Waals surface area contributed by atoms with E-state index in [1.54, 1.807) is 13.3 Å². The van der Waals surface area contributed by atoms with Gasteiger partial charge in [0.1, 0.15) is 5.60 Å². The van der Waals surface area contributed by atoms with Crippen LogP contribution in [-0.2, 0) is 4.74 Å². The van der Waals surface area contributed by atoms with Crippen molar-refractivity contribution < 1.29 is 14.6 Å². The molecule has 0 bridgehead atoms. The highest BCUT2D eigenvalue weighted by atomic mass is 16.5. The molecule has 2 N–H and O–H groups in total. The summed E-state index contributed by atoms with van der Waals surface area (Å²) in [6, 6.07) is 1.91.